The van der Waals surface area contributed by atoms with E-state index in [0.717, 1.165) is 5.69 Å². The van der Waals surface area contributed by atoms with Crippen LogP contribution in [0.4, 0.5) is 5.82 Å². The summed E-state index contributed by atoms with van der Waals surface area (Å²) in [5, 5.41) is 10.6. The SMILES string of the molecule is CCN=Nc1cc(=O)n(-c2ccccc2)[nH]1. The molecule has 0 amide bonds. The van der Waals surface area contributed by atoms with Crippen LogP contribution in [0.2, 0.25) is 0 Å². The van der Waals surface area contributed by atoms with Crippen LogP contribution >= 0.6 is 0 Å². The Morgan fingerprint density at radius 1 is 1.31 bits per heavy atom. The maximum atomic E-state index is 11.6. The van der Waals surface area contributed by atoms with Gasteiger partial charge in [-0.05, 0) is 19.1 Å². The number of para-hydroxylation sites is 1. The molecule has 2 aromatic rings. The van der Waals surface area contributed by atoms with Gasteiger partial charge in [0.05, 0.1) is 18.3 Å². The number of benzene rings is 1. The second kappa shape index (κ2) is 4.57. The Kier molecular flexibility index (Phi) is 2.95. The lowest BCUT2D eigenvalue weighted by Gasteiger charge is -1.99. The molecule has 0 aliphatic rings. The quantitative estimate of drug-likeness (QED) is 0.786. The van der Waals surface area contributed by atoms with Crippen LogP contribution in [-0.2, 0) is 0 Å². The van der Waals surface area contributed by atoms with E-state index in [1.165, 1.54) is 10.7 Å². The van der Waals surface area contributed by atoms with Crippen molar-refractivity contribution in [3.05, 3.63) is 46.8 Å². The third-order valence-corrected chi connectivity index (χ3v) is 2.04. The Morgan fingerprint density at radius 2 is 2.06 bits per heavy atom. The molecule has 1 N–H and O–H groups in total. The molecule has 5 heteroatoms. The third kappa shape index (κ3) is 2.08. The number of azo groups is 1. The normalized spacial score (nSPS) is 11.1. The van der Waals surface area contributed by atoms with E-state index < -0.39 is 0 Å². The van der Waals surface area contributed by atoms with Crippen LogP contribution in [-0.4, -0.2) is 16.3 Å². The zero-order chi connectivity index (χ0) is 11.4. The maximum absolute atomic E-state index is 11.6. The number of nitrogens with zero attached hydrogens (tertiary/aromatic N) is 3. The average molecular weight is 216 g/mol. The van der Waals surface area contributed by atoms with Gasteiger partial charge in [-0.3, -0.25) is 9.89 Å². The topological polar surface area (TPSA) is 62.5 Å². The van der Waals surface area contributed by atoms with E-state index in [1.54, 1.807) is 0 Å². The lowest BCUT2D eigenvalue weighted by Crippen LogP contribution is -2.12. The van der Waals surface area contributed by atoms with Gasteiger partial charge in [-0.25, -0.2) is 4.68 Å². The molecule has 0 radical (unpaired) electrons. The van der Waals surface area contributed by atoms with Crippen LogP contribution in [0.5, 0.6) is 0 Å². The third-order valence-electron chi connectivity index (χ3n) is 2.04. The summed E-state index contributed by atoms with van der Waals surface area (Å²) in [7, 11) is 0. The number of nitrogens with one attached hydrogen (secondary N) is 1. The van der Waals surface area contributed by atoms with Gasteiger partial charge in [-0.1, -0.05) is 18.2 Å². The summed E-state index contributed by atoms with van der Waals surface area (Å²) in [6.07, 6.45) is 0. The summed E-state index contributed by atoms with van der Waals surface area (Å²) in [6, 6.07) is 10.8. The molecule has 0 aliphatic carbocycles. The molecule has 0 unspecified atom stereocenters. The van der Waals surface area contributed by atoms with Crippen molar-refractivity contribution >= 4 is 5.82 Å². The number of rotatable bonds is 3. The number of aromatic nitrogens is 2. The van der Waals surface area contributed by atoms with Gasteiger partial charge < -0.3 is 0 Å². The molecule has 0 aliphatic heterocycles. The highest BCUT2D eigenvalue weighted by molar-refractivity contribution is 5.33. The van der Waals surface area contributed by atoms with Crippen LogP contribution in [0.15, 0.2) is 51.4 Å². The zero-order valence-corrected chi connectivity index (χ0v) is 8.92. The Morgan fingerprint density at radius 3 is 2.75 bits per heavy atom. The van der Waals surface area contributed by atoms with Gasteiger partial charge in [0.25, 0.3) is 5.56 Å². The second-order valence-electron chi connectivity index (χ2n) is 3.21. The van der Waals surface area contributed by atoms with Gasteiger partial charge >= 0.3 is 0 Å². The molecule has 5 nitrogen and oxygen atoms in total. The van der Waals surface area contributed by atoms with Gasteiger partial charge in [-0.2, -0.15) is 5.11 Å². The van der Waals surface area contributed by atoms with Crippen molar-refractivity contribution in [2.24, 2.45) is 10.2 Å². The fraction of sp³-hybridized carbons (Fsp3) is 0.182. The summed E-state index contributed by atoms with van der Waals surface area (Å²) in [6.45, 7) is 2.48. The van der Waals surface area contributed by atoms with Crippen molar-refractivity contribution in [3.8, 4) is 5.69 Å². The number of aromatic amines is 1. The Labute approximate surface area is 92.4 Å². The Bertz CT molecular complexity index is 539. The molecule has 0 saturated heterocycles. The van der Waals surface area contributed by atoms with E-state index in [-0.39, 0.29) is 5.56 Å². The minimum absolute atomic E-state index is 0.142. The van der Waals surface area contributed by atoms with Crippen molar-refractivity contribution < 1.29 is 0 Å². The van der Waals surface area contributed by atoms with Crippen LogP contribution in [0.25, 0.3) is 5.69 Å². The largest absolute Gasteiger partial charge is 0.273 e. The Balaban J connectivity index is 2.40. The van der Waals surface area contributed by atoms with Gasteiger partial charge in [0.15, 0.2) is 5.82 Å². The first-order valence-electron chi connectivity index (χ1n) is 5.06. The molecule has 0 atom stereocenters. The highest BCUT2D eigenvalue weighted by Crippen LogP contribution is 2.08. The molecule has 1 aromatic carbocycles. The first-order chi connectivity index (χ1) is 7.81. The summed E-state index contributed by atoms with van der Waals surface area (Å²) >= 11 is 0. The van der Waals surface area contributed by atoms with Crippen LogP contribution < -0.4 is 5.56 Å². The molecule has 0 bridgehead atoms. The van der Waals surface area contributed by atoms with Crippen LogP contribution in [0.3, 0.4) is 0 Å². The van der Waals surface area contributed by atoms with E-state index in [9.17, 15) is 4.79 Å². The molecule has 0 saturated carbocycles. The monoisotopic (exact) mass is 216 g/mol. The predicted octanol–water partition coefficient (Wildman–Crippen LogP) is 2.27. The predicted molar refractivity (Wildman–Crippen MR) is 61.4 cm³/mol. The summed E-state index contributed by atoms with van der Waals surface area (Å²) in [5.41, 5.74) is 0.640. The molecule has 1 heterocycles. The first-order valence-corrected chi connectivity index (χ1v) is 5.06. The molecule has 1 aromatic heterocycles. The van der Waals surface area contributed by atoms with E-state index in [4.69, 9.17) is 0 Å². The van der Waals surface area contributed by atoms with E-state index in [1.807, 2.05) is 37.3 Å². The van der Waals surface area contributed by atoms with Crippen molar-refractivity contribution in [2.45, 2.75) is 6.92 Å². The van der Waals surface area contributed by atoms with E-state index >= 15 is 0 Å². The molecule has 0 fully saturated rings. The van der Waals surface area contributed by atoms with Crippen molar-refractivity contribution in [3.63, 3.8) is 0 Å². The van der Waals surface area contributed by atoms with Gasteiger partial charge in [0.1, 0.15) is 0 Å². The van der Waals surface area contributed by atoms with E-state index in [0.29, 0.717) is 12.4 Å². The fourth-order valence-electron chi connectivity index (χ4n) is 1.35. The minimum atomic E-state index is -0.142. The molecular weight excluding hydrogens is 204 g/mol. The van der Waals surface area contributed by atoms with Crippen molar-refractivity contribution in [1.29, 1.82) is 0 Å². The Hall–Kier alpha value is -2.17. The van der Waals surface area contributed by atoms with Crippen molar-refractivity contribution in [2.75, 3.05) is 6.54 Å². The molecular formula is C11H12N4O. The van der Waals surface area contributed by atoms with Gasteiger partial charge in [0.2, 0.25) is 0 Å². The van der Waals surface area contributed by atoms with Crippen LogP contribution in [0, 0.1) is 0 Å². The average Bonchev–Trinajstić information content (AvgIpc) is 2.69. The molecule has 16 heavy (non-hydrogen) atoms. The lowest BCUT2D eigenvalue weighted by molar-refractivity contribution is 0.841. The van der Waals surface area contributed by atoms with E-state index in [2.05, 4.69) is 15.3 Å². The molecule has 0 spiro atoms. The number of hydrogen-bond donors (Lipinski definition) is 1. The standard InChI is InChI=1S/C11H12N4O/c1-2-12-13-10-8-11(16)15(14-10)9-6-4-3-5-7-9/h3-8,14H,2H2,1H3. The highest BCUT2D eigenvalue weighted by atomic mass is 16.1. The van der Waals surface area contributed by atoms with Crippen LogP contribution in [0.1, 0.15) is 6.92 Å². The van der Waals surface area contributed by atoms with Gasteiger partial charge in [0, 0.05) is 0 Å². The smallest absolute Gasteiger partial charge is 0.273 e. The molecule has 2 rings (SSSR count). The highest BCUT2D eigenvalue weighted by Gasteiger charge is 2.03. The number of H-pyrrole nitrogens is 1. The maximum Gasteiger partial charge on any atom is 0.273 e. The molecule has 82 valence electrons. The second-order valence-corrected chi connectivity index (χ2v) is 3.21. The minimum Gasteiger partial charge on any atom is -0.273 e. The van der Waals surface area contributed by atoms with Gasteiger partial charge in [-0.15, -0.1) is 5.11 Å². The first kappa shape index (κ1) is 10.4. The summed E-state index contributed by atoms with van der Waals surface area (Å²) < 4.78 is 1.43. The van der Waals surface area contributed by atoms with Crippen molar-refractivity contribution in [1.82, 2.24) is 9.78 Å². The summed E-state index contributed by atoms with van der Waals surface area (Å²) in [4.78, 5) is 11.6. The number of hydrogen-bond acceptors (Lipinski definition) is 3. The zero-order valence-electron chi connectivity index (χ0n) is 8.92. The lowest BCUT2D eigenvalue weighted by atomic mass is 10.3. The summed E-state index contributed by atoms with van der Waals surface area (Å²) in [5.74, 6) is 0.468. The fourth-order valence-corrected chi connectivity index (χ4v) is 1.35.